The number of allylic oxidation sites excluding steroid dienone is 3. The van der Waals surface area contributed by atoms with Crippen LogP contribution >= 0.6 is 11.3 Å². The van der Waals surface area contributed by atoms with Crippen molar-refractivity contribution >= 4 is 61.5 Å². The highest BCUT2D eigenvalue weighted by Crippen LogP contribution is 2.46. The molecule has 8 aromatic carbocycles. The average molecular weight is 958 g/mol. The largest absolute Gasteiger partial charge is 0.355 e. The number of hydrogen-bond donors (Lipinski definition) is 1. The Morgan fingerprint density at radius 1 is 0.597 bits per heavy atom. The Kier molecular flexibility index (Phi) is 17.0. The van der Waals surface area contributed by atoms with Crippen LogP contribution in [0.2, 0.25) is 0 Å². The Morgan fingerprint density at radius 3 is 1.93 bits per heavy atom. The van der Waals surface area contributed by atoms with Crippen LogP contribution in [0.15, 0.2) is 237 Å². The zero-order chi connectivity index (χ0) is 50.4. The molecule has 4 heteroatoms. The molecule has 3 nitrogen and oxygen atoms in total. The van der Waals surface area contributed by atoms with Crippen LogP contribution in [-0.4, -0.2) is 7.05 Å². The number of anilines is 5. The Balaban J connectivity index is 0.000000946. The third-order valence-corrected chi connectivity index (χ3v) is 14.0. The van der Waals surface area contributed by atoms with Crippen molar-refractivity contribution in [3.63, 3.8) is 0 Å². The molecule has 2 aliphatic rings. The van der Waals surface area contributed by atoms with Gasteiger partial charge in [0, 0.05) is 84.8 Å². The van der Waals surface area contributed by atoms with Crippen molar-refractivity contribution < 1.29 is 0 Å². The SMILES string of the molecule is C=C1c2ccccc2N(C2=CC(c3cccc(-c4cccc(Nc5ccccc5-c5ccccc5)c4)c3)CC=C2)/C=C\c2c1sc1ccc(N(C)c3ccccc3-c3ccccc3)cc21.CC.CC.CCC. The van der Waals surface area contributed by atoms with Crippen molar-refractivity contribution in [2.75, 3.05) is 22.2 Å². The minimum atomic E-state index is 0.206. The molecule has 0 bridgehead atoms. The van der Waals surface area contributed by atoms with E-state index in [2.05, 4.69) is 267 Å². The van der Waals surface area contributed by atoms with Gasteiger partial charge in [-0.05, 0) is 100 Å². The van der Waals surface area contributed by atoms with Crippen LogP contribution in [-0.2, 0) is 0 Å². The molecule has 1 atom stereocenters. The highest BCUT2D eigenvalue weighted by atomic mass is 32.1. The van der Waals surface area contributed by atoms with Crippen LogP contribution in [0.5, 0.6) is 0 Å². The summed E-state index contributed by atoms with van der Waals surface area (Å²) in [6, 6.07) is 71.7. The minimum Gasteiger partial charge on any atom is -0.355 e. The summed E-state index contributed by atoms with van der Waals surface area (Å²) in [5, 5.41) is 4.95. The van der Waals surface area contributed by atoms with Crippen LogP contribution < -0.4 is 15.1 Å². The molecule has 9 aromatic rings. The van der Waals surface area contributed by atoms with Crippen molar-refractivity contribution in [3.8, 4) is 33.4 Å². The summed E-state index contributed by atoms with van der Waals surface area (Å²) in [5.74, 6) is 0.206. The van der Waals surface area contributed by atoms with E-state index in [1.807, 2.05) is 39.0 Å². The molecular formula is C68H67N3S. The molecule has 360 valence electrons. The number of hydrogen-bond acceptors (Lipinski definition) is 4. The Hall–Kier alpha value is -7.92. The molecule has 1 N–H and O–H groups in total. The molecule has 0 saturated heterocycles. The van der Waals surface area contributed by atoms with E-state index in [4.69, 9.17) is 6.58 Å². The highest BCUT2D eigenvalue weighted by molar-refractivity contribution is 7.20. The normalized spacial score (nSPS) is 13.8. The van der Waals surface area contributed by atoms with Gasteiger partial charge in [-0.3, -0.25) is 0 Å². The van der Waals surface area contributed by atoms with Crippen LogP contribution in [0, 0.1) is 0 Å². The van der Waals surface area contributed by atoms with Gasteiger partial charge >= 0.3 is 0 Å². The first-order valence-corrected chi connectivity index (χ1v) is 26.5. The monoisotopic (exact) mass is 958 g/mol. The molecule has 0 fully saturated rings. The van der Waals surface area contributed by atoms with Gasteiger partial charge in [0.25, 0.3) is 0 Å². The number of para-hydroxylation sites is 3. The molecule has 1 aliphatic carbocycles. The van der Waals surface area contributed by atoms with E-state index in [1.54, 1.807) is 0 Å². The second-order valence-electron chi connectivity index (χ2n) is 17.4. The summed E-state index contributed by atoms with van der Waals surface area (Å²) in [4.78, 5) is 5.87. The molecule has 0 spiro atoms. The second kappa shape index (κ2) is 24.3. The molecule has 0 radical (unpaired) electrons. The molecule has 0 saturated carbocycles. The lowest BCUT2D eigenvalue weighted by atomic mass is 9.89. The van der Waals surface area contributed by atoms with Gasteiger partial charge in [0.15, 0.2) is 0 Å². The first kappa shape index (κ1) is 50.5. The van der Waals surface area contributed by atoms with E-state index in [1.165, 1.54) is 71.6 Å². The fourth-order valence-corrected chi connectivity index (χ4v) is 10.5. The number of fused-ring (bicyclic) bond motifs is 4. The third-order valence-electron chi connectivity index (χ3n) is 12.7. The van der Waals surface area contributed by atoms with Gasteiger partial charge in [-0.2, -0.15) is 0 Å². The summed E-state index contributed by atoms with van der Waals surface area (Å²) in [5.41, 5.74) is 18.5. The van der Waals surface area contributed by atoms with Gasteiger partial charge in [0.05, 0.1) is 5.69 Å². The molecule has 1 unspecified atom stereocenters. The molecule has 1 aromatic heterocycles. The van der Waals surface area contributed by atoms with Crippen molar-refractivity contribution in [3.05, 3.63) is 258 Å². The molecule has 72 heavy (non-hydrogen) atoms. The minimum absolute atomic E-state index is 0.206. The van der Waals surface area contributed by atoms with Gasteiger partial charge < -0.3 is 15.1 Å². The van der Waals surface area contributed by atoms with E-state index >= 15 is 0 Å². The van der Waals surface area contributed by atoms with E-state index in [0.29, 0.717) is 0 Å². The molecule has 0 amide bonds. The smallest absolute Gasteiger partial charge is 0.0534 e. The number of thiophene rings is 1. The summed E-state index contributed by atoms with van der Waals surface area (Å²) in [6.07, 6.45) is 13.8. The lowest BCUT2D eigenvalue weighted by Gasteiger charge is -2.29. The molecule has 1 aliphatic heterocycles. The van der Waals surface area contributed by atoms with E-state index in [9.17, 15) is 0 Å². The molecule has 11 rings (SSSR count). The standard InChI is InChI=1S/C61H47N3S.C3H8.2C2H6/c1-42-52-28-10-14-33-59(52)64(37-36-55-56-41-50(34-35-60(56)65-61(42)55)63(2)58-32-13-11-30-54(58)44-20-7-4-8-21-44)51-27-17-25-48(40-51)46-23-15-22-45(38-46)47-24-16-26-49(39-47)62-57-31-12-9-29-53(57)43-18-5-3-6-19-43;1-3-2;2*1-2/h3-24,26-41,48,62H,1,25H2,2H3;3H2,1-2H3;2*1-2H3/b37-36-;;;. The Bertz CT molecular complexity index is 3340. The van der Waals surface area contributed by atoms with Crippen LogP contribution in [0.4, 0.5) is 28.4 Å². The zero-order valence-corrected chi connectivity index (χ0v) is 43.8. The number of nitrogens with one attached hydrogen (secondary N) is 1. The van der Waals surface area contributed by atoms with Crippen molar-refractivity contribution in [2.24, 2.45) is 0 Å². The quantitative estimate of drug-likeness (QED) is 0.156. The van der Waals surface area contributed by atoms with E-state index in [-0.39, 0.29) is 5.92 Å². The van der Waals surface area contributed by atoms with Gasteiger partial charge in [-0.15, -0.1) is 11.3 Å². The predicted octanol–water partition coefficient (Wildman–Crippen LogP) is 20.4. The highest BCUT2D eigenvalue weighted by Gasteiger charge is 2.24. The lowest BCUT2D eigenvalue weighted by molar-refractivity contribution is 0.837. The number of nitrogens with zero attached hydrogens (tertiary/aromatic N) is 2. The van der Waals surface area contributed by atoms with Gasteiger partial charge in [0.2, 0.25) is 0 Å². The van der Waals surface area contributed by atoms with Gasteiger partial charge in [0.1, 0.15) is 0 Å². The number of rotatable bonds is 9. The molecular weight excluding hydrogens is 891 g/mol. The Morgan fingerprint density at radius 2 is 1.19 bits per heavy atom. The first-order valence-electron chi connectivity index (χ1n) is 25.7. The topological polar surface area (TPSA) is 18.5 Å². The molecule has 2 heterocycles. The first-order chi connectivity index (χ1) is 35.5. The fraction of sp³-hybridized carbons (Fsp3) is 0.147. The average Bonchev–Trinajstić information content (AvgIpc) is 3.82. The fourth-order valence-electron chi connectivity index (χ4n) is 9.39. The second-order valence-corrected chi connectivity index (χ2v) is 18.5. The predicted molar refractivity (Wildman–Crippen MR) is 318 cm³/mol. The maximum absolute atomic E-state index is 4.77. The van der Waals surface area contributed by atoms with Gasteiger partial charge in [-0.1, -0.05) is 218 Å². The van der Waals surface area contributed by atoms with Crippen LogP contribution in [0.25, 0.3) is 55.1 Å². The summed E-state index contributed by atoms with van der Waals surface area (Å²) >= 11 is 1.82. The van der Waals surface area contributed by atoms with Gasteiger partial charge in [-0.25, -0.2) is 0 Å². The summed E-state index contributed by atoms with van der Waals surface area (Å²) < 4.78 is 1.25. The maximum atomic E-state index is 4.77. The van der Waals surface area contributed by atoms with E-state index < -0.39 is 0 Å². The van der Waals surface area contributed by atoms with Crippen LogP contribution in [0.1, 0.15) is 81.9 Å². The number of benzene rings is 8. The maximum Gasteiger partial charge on any atom is 0.0534 e. The van der Waals surface area contributed by atoms with Crippen molar-refractivity contribution in [1.82, 2.24) is 0 Å². The third kappa shape index (κ3) is 11.0. The summed E-state index contributed by atoms with van der Waals surface area (Å²) in [7, 11) is 2.17. The summed E-state index contributed by atoms with van der Waals surface area (Å²) in [6.45, 7) is 17.0. The lowest BCUT2D eigenvalue weighted by Crippen LogP contribution is -2.19. The Labute approximate surface area is 433 Å². The van der Waals surface area contributed by atoms with Crippen molar-refractivity contribution in [2.45, 2.75) is 60.3 Å². The van der Waals surface area contributed by atoms with Crippen molar-refractivity contribution in [1.29, 1.82) is 0 Å². The van der Waals surface area contributed by atoms with E-state index in [0.717, 1.165) is 46.0 Å². The van der Waals surface area contributed by atoms with Crippen LogP contribution in [0.3, 0.4) is 0 Å². The zero-order valence-electron chi connectivity index (χ0n) is 42.9.